The largest absolute Gasteiger partial charge is 0.464 e. The maximum Gasteiger partial charge on any atom is 0.117 e. The van der Waals surface area contributed by atoms with Gasteiger partial charge in [-0.3, -0.25) is 0 Å². The summed E-state index contributed by atoms with van der Waals surface area (Å²) in [7, 11) is 0. The Morgan fingerprint density at radius 1 is 1.40 bits per heavy atom. The molecule has 2 aromatic rings. The average Bonchev–Trinajstić information content (AvgIpc) is 2.90. The van der Waals surface area contributed by atoms with E-state index in [1.54, 1.807) is 0 Å². The van der Waals surface area contributed by atoms with E-state index in [-0.39, 0.29) is 0 Å². The molecule has 1 aliphatic rings. The van der Waals surface area contributed by atoms with Crippen molar-refractivity contribution in [1.29, 1.82) is 0 Å². The first kappa shape index (κ1) is 13.4. The van der Waals surface area contributed by atoms with E-state index in [0.717, 1.165) is 31.3 Å². The Kier molecular flexibility index (Phi) is 4.21. The summed E-state index contributed by atoms with van der Waals surface area (Å²) in [5.41, 5.74) is 0. The molecule has 0 radical (unpaired) electrons. The van der Waals surface area contributed by atoms with Gasteiger partial charge in [-0.05, 0) is 43.9 Å². The van der Waals surface area contributed by atoms with E-state index in [0.29, 0.717) is 5.92 Å². The molecule has 4 heteroatoms. The van der Waals surface area contributed by atoms with Crippen LogP contribution in [-0.4, -0.2) is 16.1 Å². The molecule has 1 fully saturated rings. The third kappa shape index (κ3) is 3.51. The number of unbranched alkanes of at least 4 members (excludes halogenated alkanes) is 1. The second kappa shape index (κ2) is 6.27. The van der Waals surface area contributed by atoms with Crippen LogP contribution >= 0.6 is 0 Å². The first-order valence-electron chi connectivity index (χ1n) is 7.58. The lowest BCUT2D eigenvalue weighted by molar-refractivity contribution is 0.441. The van der Waals surface area contributed by atoms with E-state index in [1.807, 2.05) is 18.7 Å². The van der Waals surface area contributed by atoms with E-state index in [2.05, 4.69) is 33.9 Å². The van der Waals surface area contributed by atoms with Crippen molar-refractivity contribution in [2.24, 2.45) is 5.92 Å². The number of aryl methyl sites for hydroxylation is 1. The number of nitrogens with one attached hydrogen (secondary N) is 1. The fourth-order valence-corrected chi connectivity index (χ4v) is 2.58. The first-order chi connectivity index (χ1) is 9.83. The van der Waals surface area contributed by atoms with Gasteiger partial charge in [-0.2, -0.15) is 0 Å². The smallest absolute Gasteiger partial charge is 0.117 e. The van der Waals surface area contributed by atoms with Crippen LogP contribution in [0.4, 0.5) is 0 Å². The summed E-state index contributed by atoms with van der Waals surface area (Å²) in [6.07, 6.45) is 9.34. The van der Waals surface area contributed by atoms with Crippen molar-refractivity contribution in [3.8, 4) is 0 Å². The highest BCUT2D eigenvalue weighted by Gasteiger charge is 2.36. The molecule has 1 saturated carbocycles. The van der Waals surface area contributed by atoms with Gasteiger partial charge in [0.2, 0.25) is 0 Å². The van der Waals surface area contributed by atoms with Gasteiger partial charge in [-0.25, -0.2) is 4.98 Å². The molecule has 0 aliphatic heterocycles. The third-order valence-electron chi connectivity index (χ3n) is 4.04. The molecule has 0 saturated heterocycles. The van der Waals surface area contributed by atoms with E-state index in [4.69, 9.17) is 4.42 Å². The molecular weight excluding hydrogens is 250 g/mol. The number of imidazole rings is 1. The Morgan fingerprint density at radius 3 is 3.05 bits per heavy atom. The van der Waals surface area contributed by atoms with Crippen molar-refractivity contribution in [3.05, 3.63) is 42.4 Å². The van der Waals surface area contributed by atoms with Crippen LogP contribution in [0.1, 0.15) is 43.6 Å². The number of hydrogen-bond donors (Lipinski definition) is 1. The summed E-state index contributed by atoms with van der Waals surface area (Å²) in [6.45, 7) is 5.20. The normalized spacial score (nSPS) is 21.2. The summed E-state index contributed by atoms with van der Waals surface area (Å²) < 4.78 is 7.99. The van der Waals surface area contributed by atoms with Gasteiger partial charge in [0.05, 0.1) is 12.9 Å². The van der Waals surface area contributed by atoms with Crippen molar-refractivity contribution in [3.63, 3.8) is 0 Å². The monoisotopic (exact) mass is 273 g/mol. The Labute approximate surface area is 120 Å². The molecule has 2 heterocycles. The molecule has 0 aromatic carbocycles. The topological polar surface area (TPSA) is 43.0 Å². The van der Waals surface area contributed by atoms with Crippen molar-refractivity contribution < 1.29 is 4.42 Å². The quantitative estimate of drug-likeness (QED) is 0.751. The summed E-state index contributed by atoms with van der Waals surface area (Å²) in [6, 6.07) is 4.25. The van der Waals surface area contributed by atoms with Crippen LogP contribution in [0.25, 0.3) is 0 Å². The molecule has 2 aromatic heterocycles. The molecule has 0 spiro atoms. The minimum atomic E-state index is 0.680. The van der Waals surface area contributed by atoms with Gasteiger partial charge in [0, 0.05) is 24.9 Å². The zero-order valence-electron chi connectivity index (χ0n) is 12.1. The highest BCUT2D eigenvalue weighted by molar-refractivity contribution is 5.17. The van der Waals surface area contributed by atoms with Crippen molar-refractivity contribution in [2.45, 2.75) is 45.2 Å². The van der Waals surface area contributed by atoms with Crippen molar-refractivity contribution >= 4 is 0 Å². The lowest BCUT2D eigenvalue weighted by atomic mass is 10.3. The lowest BCUT2D eigenvalue weighted by Crippen LogP contribution is -2.14. The standard InChI is InChI=1S/C16H23N3O/c1-13-10-15(13)16-5-4-14(20-16)11-17-6-2-3-8-19-9-7-18-12-19/h4-5,7,9,12-13,15,17H,2-3,6,8,10-11H2,1H3. The SMILES string of the molecule is CC1CC1c1ccc(CNCCCCn2ccnc2)o1. The maximum atomic E-state index is 5.87. The van der Waals surface area contributed by atoms with Crippen molar-refractivity contribution in [2.75, 3.05) is 6.54 Å². The number of furan rings is 1. The van der Waals surface area contributed by atoms with E-state index in [9.17, 15) is 0 Å². The van der Waals surface area contributed by atoms with E-state index in [1.165, 1.54) is 25.0 Å². The average molecular weight is 273 g/mol. The second-order valence-electron chi connectivity index (χ2n) is 5.81. The molecule has 20 heavy (non-hydrogen) atoms. The van der Waals surface area contributed by atoms with Crippen LogP contribution in [0.2, 0.25) is 0 Å². The van der Waals surface area contributed by atoms with E-state index < -0.39 is 0 Å². The van der Waals surface area contributed by atoms with Gasteiger partial charge in [0.25, 0.3) is 0 Å². The van der Waals surface area contributed by atoms with Crippen LogP contribution in [0.15, 0.2) is 35.3 Å². The summed E-state index contributed by atoms with van der Waals surface area (Å²) >= 11 is 0. The maximum absolute atomic E-state index is 5.87. The minimum absolute atomic E-state index is 0.680. The number of hydrogen-bond acceptors (Lipinski definition) is 3. The van der Waals surface area contributed by atoms with Gasteiger partial charge in [-0.1, -0.05) is 6.92 Å². The van der Waals surface area contributed by atoms with Crippen LogP contribution in [-0.2, 0) is 13.1 Å². The highest BCUT2D eigenvalue weighted by atomic mass is 16.3. The number of rotatable bonds is 8. The predicted molar refractivity (Wildman–Crippen MR) is 78.4 cm³/mol. The van der Waals surface area contributed by atoms with Crippen LogP contribution in [0.5, 0.6) is 0 Å². The molecule has 1 aliphatic carbocycles. The molecule has 1 N–H and O–H groups in total. The summed E-state index contributed by atoms with van der Waals surface area (Å²) in [4.78, 5) is 4.04. The van der Waals surface area contributed by atoms with Gasteiger partial charge in [0.15, 0.2) is 0 Å². The van der Waals surface area contributed by atoms with Crippen LogP contribution in [0, 0.1) is 5.92 Å². The zero-order chi connectivity index (χ0) is 13.8. The number of nitrogens with zero attached hydrogens (tertiary/aromatic N) is 2. The highest BCUT2D eigenvalue weighted by Crippen LogP contribution is 2.47. The Bertz CT molecular complexity index is 518. The minimum Gasteiger partial charge on any atom is -0.464 e. The first-order valence-corrected chi connectivity index (χ1v) is 7.58. The molecule has 2 atom stereocenters. The Morgan fingerprint density at radius 2 is 2.30 bits per heavy atom. The van der Waals surface area contributed by atoms with Gasteiger partial charge >= 0.3 is 0 Å². The second-order valence-corrected chi connectivity index (χ2v) is 5.81. The molecular formula is C16H23N3O. The molecule has 0 amide bonds. The van der Waals surface area contributed by atoms with Gasteiger partial charge < -0.3 is 14.3 Å². The summed E-state index contributed by atoms with van der Waals surface area (Å²) in [5, 5.41) is 3.45. The van der Waals surface area contributed by atoms with Crippen LogP contribution < -0.4 is 5.32 Å². The fourth-order valence-electron chi connectivity index (χ4n) is 2.58. The molecule has 2 unspecified atom stereocenters. The molecule has 0 bridgehead atoms. The summed E-state index contributed by atoms with van der Waals surface area (Å²) in [5.74, 6) is 3.73. The van der Waals surface area contributed by atoms with Crippen LogP contribution in [0.3, 0.4) is 0 Å². The Balaban J connectivity index is 1.29. The van der Waals surface area contributed by atoms with E-state index >= 15 is 0 Å². The fraction of sp³-hybridized carbons (Fsp3) is 0.562. The van der Waals surface area contributed by atoms with Gasteiger partial charge in [0.1, 0.15) is 11.5 Å². The molecule has 108 valence electrons. The Hall–Kier alpha value is -1.55. The van der Waals surface area contributed by atoms with Gasteiger partial charge in [-0.15, -0.1) is 0 Å². The predicted octanol–water partition coefficient (Wildman–Crippen LogP) is 3.17. The third-order valence-corrected chi connectivity index (χ3v) is 4.04. The zero-order valence-corrected chi connectivity index (χ0v) is 12.1. The lowest BCUT2D eigenvalue weighted by Gasteiger charge is -2.04. The molecule has 3 rings (SSSR count). The molecule has 4 nitrogen and oxygen atoms in total. The number of aromatic nitrogens is 2. The van der Waals surface area contributed by atoms with Crippen molar-refractivity contribution in [1.82, 2.24) is 14.9 Å².